The van der Waals surface area contributed by atoms with Crippen LogP contribution in [0.2, 0.25) is 0 Å². The lowest BCUT2D eigenvalue weighted by molar-refractivity contribution is 0.174. The molecule has 1 aromatic rings. The van der Waals surface area contributed by atoms with Gasteiger partial charge in [0.05, 0.1) is 6.10 Å². The summed E-state index contributed by atoms with van der Waals surface area (Å²) in [6.45, 7) is 0. The summed E-state index contributed by atoms with van der Waals surface area (Å²) in [5, 5.41) is 11.0. The summed E-state index contributed by atoms with van der Waals surface area (Å²) in [7, 11) is 0. The van der Waals surface area contributed by atoms with Crippen molar-refractivity contribution in [1.29, 1.82) is 0 Å². The van der Waals surface area contributed by atoms with Crippen molar-refractivity contribution in [3.63, 3.8) is 0 Å². The molecular formula is C16H22OS. The lowest BCUT2D eigenvalue weighted by Crippen LogP contribution is -2.24. The first-order valence-electron chi connectivity index (χ1n) is 7.20. The fourth-order valence-electron chi connectivity index (χ4n) is 3.27. The maximum Gasteiger partial charge on any atom is 0.0636 e. The van der Waals surface area contributed by atoms with E-state index in [0.29, 0.717) is 5.92 Å². The number of fused-ring (bicyclic) bond motifs is 1. The molecule has 1 fully saturated rings. The Kier molecular flexibility index (Phi) is 3.95. The van der Waals surface area contributed by atoms with Crippen molar-refractivity contribution < 1.29 is 5.11 Å². The molecular weight excluding hydrogens is 240 g/mol. The average Bonchev–Trinajstić information content (AvgIpc) is 2.87. The van der Waals surface area contributed by atoms with Gasteiger partial charge in [-0.15, -0.1) is 0 Å². The highest BCUT2D eigenvalue weighted by Crippen LogP contribution is 2.39. The average molecular weight is 262 g/mol. The van der Waals surface area contributed by atoms with Crippen molar-refractivity contribution in [2.75, 3.05) is 5.75 Å². The number of thioether (sulfide) groups is 1. The van der Waals surface area contributed by atoms with Crippen LogP contribution in [0, 0.1) is 0 Å². The molecule has 1 N–H and O–H groups in total. The van der Waals surface area contributed by atoms with Crippen LogP contribution < -0.4 is 0 Å². The molecule has 2 heteroatoms. The molecule has 18 heavy (non-hydrogen) atoms. The second-order valence-electron chi connectivity index (χ2n) is 5.73. The predicted molar refractivity (Wildman–Crippen MR) is 78.2 cm³/mol. The Balaban J connectivity index is 1.43. The van der Waals surface area contributed by atoms with Gasteiger partial charge >= 0.3 is 0 Å². The van der Waals surface area contributed by atoms with Gasteiger partial charge in [0.2, 0.25) is 0 Å². The number of hydrogen-bond donors (Lipinski definition) is 1. The standard InChI is InChI=1S/C16H22OS/c17-14(11-18-15-6-2-3-7-15)10-13-9-12-5-1-4-8-16(12)13/h1,4-5,8,13-15,17H,2-3,6-7,9-11H2. The van der Waals surface area contributed by atoms with Crippen molar-refractivity contribution in [2.45, 2.75) is 55.8 Å². The molecule has 98 valence electrons. The topological polar surface area (TPSA) is 20.2 Å². The van der Waals surface area contributed by atoms with Crippen LogP contribution in [0.25, 0.3) is 0 Å². The molecule has 0 spiro atoms. The zero-order chi connectivity index (χ0) is 12.4. The monoisotopic (exact) mass is 262 g/mol. The Morgan fingerprint density at radius 1 is 1.22 bits per heavy atom. The molecule has 0 aromatic heterocycles. The summed E-state index contributed by atoms with van der Waals surface area (Å²) >= 11 is 2.00. The minimum absolute atomic E-state index is 0.117. The maximum absolute atomic E-state index is 10.1. The third kappa shape index (κ3) is 2.75. The van der Waals surface area contributed by atoms with E-state index in [1.54, 1.807) is 0 Å². The molecule has 1 nitrogen and oxygen atoms in total. The van der Waals surface area contributed by atoms with Crippen molar-refractivity contribution in [3.8, 4) is 0 Å². The van der Waals surface area contributed by atoms with Gasteiger partial charge in [-0.2, -0.15) is 11.8 Å². The summed E-state index contributed by atoms with van der Waals surface area (Å²) in [5.74, 6) is 1.55. The Morgan fingerprint density at radius 3 is 2.78 bits per heavy atom. The van der Waals surface area contributed by atoms with Crippen molar-refractivity contribution in [2.24, 2.45) is 0 Å². The molecule has 0 saturated heterocycles. The van der Waals surface area contributed by atoms with E-state index in [9.17, 15) is 5.11 Å². The zero-order valence-corrected chi connectivity index (χ0v) is 11.7. The molecule has 1 aromatic carbocycles. The van der Waals surface area contributed by atoms with Gasteiger partial charge in [0.15, 0.2) is 0 Å². The van der Waals surface area contributed by atoms with E-state index in [0.717, 1.165) is 17.4 Å². The molecule has 2 unspecified atom stereocenters. The van der Waals surface area contributed by atoms with Gasteiger partial charge in [-0.1, -0.05) is 37.1 Å². The minimum atomic E-state index is -0.117. The Morgan fingerprint density at radius 2 is 2.00 bits per heavy atom. The van der Waals surface area contributed by atoms with Crippen LogP contribution in [0.1, 0.15) is 49.1 Å². The Labute approximate surface area is 114 Å². The highest BCUT2D eigenvalue weighted by atomic mass is 32.2. The van der Waals surface area contributed by atoms with Crippen LogP contribution in [0.15, 0.2) is 24.3 Å². The Hall–Kier alpha value is -0.470. The van der Waals surface area contributed by atoms with Gasteiger partial charge in [0.1, 0.15) is 0 Å². The lowest BCUT2D eigenvalue weighted by Gasteiger charge is -2.31. The number of benzene rings is 1. The lowest BCUT2D eigenvalue weighted by atomic mass is 9.75. The van der Waals surface area contributed by atoms with Gasteiger partial charge in [0, 0.05) is 11.0 Å². The van der Waals surface area contributed by atoms with E-state index in [2.05, 4.69) is 24.3 Å². The van der Waals surface area contributed by atoms with Crippen LogP contribution in [0.3, 0.4) is 0 Å². The molecule has 0 bridgehead atoms. The number of aliphatic hydroxyl groups excluding tert-OH is 1. The van der Waals surface area contributed by atoms with Crippen LogP contribution >= 0.6 is 11.8 Å². The summed E-state index contributed by atoms with van der Waals surface area (Å²) < 4.78 is 0. The van der Waals surface area contributed by atoms with Crippen LogP contribution in [0.4, 0.5) is 0 Å². The molecule has 2 aliphatic carbocycles. The molecule has 1 saturated carbocycles. The van der Waals surface area contributed by atoms with E-state index >= 15 is 0 Å². The largest absolute Gasteiger partial charge is 0.392 e. The molecule has 0 aliphatic heterocycles. The second-order valence-corrected chi connectivity index (χ2v) is 7.06. The normalized spacial score (nSPS) is 24.6. The van der Waals surface area contributed by atoms with Gasteiger partial charge in [0.25, 0.3) is 0 Å². The maximum atomic E-state index is 10.1. The van der Waals surface area contributed by atoms with E-state index < -0.39 is 0 Å². The highest BCUT2D eigenvalue weighted by Gasteiger charge is 2.27. The van der Waals surface area contributed by atoms with Gasteiger partial charge in [-0.25, -0.2) is 0 Å². The molecule has 2 aliphatic rings. The Bertz CT molecular complexity index is 398. The third-order valence-electron chi connectivity index (χ3n) is 4.34. The molecule has 3 rings (SSSR count). The van der Waals surface area contributed by atoms with Gasteiger partial charge in [-0.05, 0) is 42.7 Å². The molecule has 0 radical (unpaired) electrons. The summed E-state index contributed by atoms with van der Waals surface area (Å²) in [4.78, 5) is 0. The van der Waals surface area contributed by atoms with Crippen LogP contribution in [0.5, 0.6) is 0 Å². The smallest absolute Gasteiger partial charge is 0.0636 e. The summed E-state index contributed by atoms with van der Waals surface area (Å²) in [6.07, 6.45) is 7.52. The summed E-state index contributed by atoms with van der Waals surface area (Å²) in [6, 6.07) is 8.66. The third-order valence-corrected chi connectivity index (χ3v) is 5.86. The van der Waals surface area contributed by atoms with Crippen LogP contribution in [-0.4, -0.2) is 22.2 Å². The van der Waals surface area contributed by atoms with E-state index in [1.807, 2.05) is 11.8 Å². The first kappa shape index (κ1) is 12.6. The summed E-state index contributed by atoms with van der Waals surface area (Å²) in [5.41, 5.74) is 2.96. The van der Waals surface area contributed by atoms with E-state index in [4.69, 9.17) is 0 Å². The first-order chi connectivity index (χ1) is 8.83. The predicted octanol–water partition coefficient (Wildman–Crippen LogP) is 3.75. The SMILES string of the molecule is OC(CSC1CCCC1)CC1Cc2ccccc21. The minimum Gasteiger partial charge on any atom is -0.392 e. The van der Waals surface area contributed by atoms with E-state index in [-0.39, 0.29) is 6.10 Å². The fraction of sp³-hybridized carbons (Fsp3) is 0.625. The number of hydrogen-bond acceptors (Lipinski definition) is 2. The molecule has 0 amide bonds. The number of rotatable bonds is 5. The fourth-order valence-corrected chi connectivity index (χ4v) is 4.57. The number of aliphatic hydroxyl groups is 1. The van der Waals surface area contributed by atoms with Crippen molar-refractivity contribution in [1.82, 2.24) is 0 Å². The quantitative estimate of drug-likeness (QED) is 0.872. The molecule has 2 atom stereocenters. The highest BCUT2D eigenvalue weighted by molar-refractivity contribution is 7.99. The first-order valence-corrected chi connectivity index (χ1v) is 8.25. The zero-order valence-electron chi connectivity index (χ0n) is 10.8. The van der Waals surface area contributed by atoms with E-state index in [1.165, 1.54) is 43.2 Å². The van der Waals surface area contributed by atoms with Crippen molar-refractivity contribution in [3.05, 3.63) is 35.4 Å². The van der Waals surface area contributed by atoms with Crippen LogP contribution in [-0.2, 0) is 6.42 Å². The second kappa shape index (κ2) is 5.66. The molecule has 0 heterocycles. The van der Waals surface area contributed by atoms with Crippen molar-refractivity contribution >= 4 is 11.8 Å². The van der Waals surface area contributed by atoms with Gasteiger partial charge in [-0.3, -0.25) is 0 Å². The van der Waals surface area contributed by atoms with Gasteiger partial charge < -0.3 is 5.11 Å².